The largest absolute Gasteiger partial charge is 0.550 e. The molecule has 0 heterocycles. The molecular formula is C40H87NO4Si2. The van der Waals surface area contributed by atoms with Crippen molar-refractivity contribution in [3.8, 4) is 0 Å². The maximum absolute atomic E-state index is 10.8. The molecule has 0 aliphatic carbocycles. The Balaban J connectivity index is 0. The first kappa shape index (κ1) is 48.9. The van der Waals surface area contributed by atoms with Gasteiger partial charge in [0.15, 0.2) is 16.6 Å². The predicted octanol–water partition coefficient (Wildman–Crippen LogP) is 11.7. The van der Waals surface area contributed by atoms with Crippen LogP contribution >= 0.6 is 0 Å². The van der Waals surface area contributed by atoms with Gasteiger partial charge in [-0.1, -0.05) is 153 Å². The van der Waals surface area contributed by atoms with E-state index >= 15 is 0 Å². The second kappa shape index (κ2) is 24.9. The van der Waals surface area contributed by atoms with Crippen LogP contribution in [-0.2, 0) is 13.6 Å². The van der Waals surface area contributed by atoms with Crippen LogP contribution in [0.25, 0.3) is 0 Å². The van der Waals surface area contributed by atoms with Crippen molar-refractivity contribution in [2.45, 2.75) is 225 Å². The first-order valence-corrected chi connectivity index (χ1v) is 24.7. The van der Waals surface area contributed by atoms with Gasteiger partial charge in [0, 0.05) is 5.97 Å². The van der Waals surface area contributed by atoms with E-state index in [9.17, 15) is 9.90 Å². The van der Waals surface area contributed by atoms with Gasteiger partial charge in [0.05, 0.1) is 40.4 Å². The number of carbonyl (C=O) groups is 1. The quantitative estimate of drug-likeness (QED) is 0.0512. The number of hydrogen-bond donors (Lipinski definition) is 0. The zero-order valence-electron chi connectivity index (χ0n) is 34.9. The SMILES string of the molecule is CCCCCCCCCCC(O[Si](CC)(CC)C(C)(C)C)C(CCCCCCCC(=O)[O-])O[Si](CC)(CC)C(C)(C)C.C[N+](C)(C)C. The van der Waals surface area contributed by atoms with E-state index in [-0.39, 0.29) is 28.7 Å². The molecule has 7 heteroatoms. The van der Waals surface area contributed by atoms with Gasteiger partial charge in [-0.15, -0.1) is 0 Å². The minimum Gasteiger partial charge on any atom is -0.550 e. The molecule has 0 rings (SSSR count). The Bertz CT molecular complexity index is 756. The Morgan fingerprint density at radius 1 is 0.553 bits per heavy atom. The zero-order valence-corrected chi connectivity index (χ0v) is 36.9. The van der Waals surface area contributed by atoms with Crippen molar-refractivity contribution >= 4 is 22.6 Å². The van der Waals surface area contributed by atoms with Gasteiger partial charge in [-0.3, -0.25) is 0 Å². The predicted molar refractivity (Wildman–Crippen MR) is 211 cm³/mol. The summed E-state index contributed by atoms with van der Waals surface area (Å²) in [5.74, 6) is -0.926. The number of aliphatic carboxylic acids is 1. The zero-order chi connectivity index (χ0) is 36.8. The Morgan fingerprint density at radius 3 is 1.09 bits per heavy atom. The van der Waals surface area contributed by atoms with E-state index < -0.39 is 22.6 Å². The van der Waals surface area contributed by atoms with Crippen molar-refractivity contribution in [1.82, 2.24) is 0 Å². The molecular weight excluding hydrogens is 615 g/mol. The Labute approximate surface area is 298 Å². The van der Waals surface area contributed by atoms with Crippen molar-refractivity contribution in [2.24, 2.45) is 0 Å². The van der Waals surface area contributed by atoms with Crippen LogP contribution in [-0.4, -0.2) is 67.5 Å². The third-order valence-electron chi connectivity index (χ3n) is 10.4. The smallest absolute Gasteiger partial charge is 0.198 e. The molecule has 284 valence electrons. The summed E-state index contributed by atoms with van der Waals surface area (Å²) < 4.78 is 16.1. The Morgan fingerprint density at radius 2 is 0.830 bits per heavy atom. The summed E-state index contributed by atoms with van der Waals surface area (Å²) in [6.07, 6.45) is 18.3. The Hall–Kier alpha value is -0.216. The molecule has 47 heavy (non-hydrogen) atoms. The molecule has 2 atom stereocenters. The highest BCUT2D eigenvalue weighted by atomic mass is 28.4. The van der Waals surface area contributed by atoms with Crippen LogP contribution in [0.2, 0.25) is 34.3 Å². The van der Waals surface area contributed by atoms with Crippen molar-refractivity contribution in [2.75, 3.05) is 28.2 Å². The molecule has 5 nitrogen and oxygen atoms in total. The van der Waals surface area contributed by atoms with E-state index in [2.05, 4.69) is 104 Å². The number of quaternary nitrogens is 1. The third kappa shape index (κ3) is 21.6. The van der Waals surface area contributed by atoms with E-state index in [4.69, 9.17) is 8.85 Å². The van der Waals surface area contributed by atoms with Gasteiger partial charge in [-0.05, 0) is 59.9 Å². The summed E-state index contributed by atoms with van der Waals surface area (Å²) in [7, 11) is 4.48. The average molecular weight is 702 g/mol. The molecule has 0 N–H and O–H groups in total. The molecule has 0 amide bonds. The number of carbonyl (C=O) groups excluding carboxylic acids is 1. The number of carboxylic acid groups (broad SMARTS) is 1. The van der Waals surface area contributed by atoms with Gasteiger partial charge in [-0.2, -0.15) is 0 Å². The highest BCUT2D eigenvalue weighted by Crippen LogP contribution is 2.47. The van der Waals surface area contributed by atoms with Crippen LogP contribution in [0.15, 0.2) is 0 Å². The van der Waals surface area contributed by atoms with Crippen molar-refractivity contribution in [3.05, 3.63) is 0 Å². The van der Waals surface area contributed by atoms with E-state index in [0.717, 1.165) is 73.6 Å². The number of hydrogen-bond acceptors (Lipinski definition) is 4. The summed E-state index contributed by atoms with van der Waals surface area (Å²) in [4.78, 5) is 10.8. The first-order chi connectivity index (χ1) is 21.7. The minimum absolute atomic E-state index is 0.149. The number of nitrogens with zero attached hydrogens (tertiary/aromatic N) is 1. The summed E-state index contributed by atoms with van der Waals surface area (Å²) in [6, 6.07) is 4.58. The normalized spacial score (nSPS) is 14.4. The molecule has 2 unspecified atom stereocenters. The van der Waals surface area contributed by atoms with E-state index in [1.807, 2.05) is 0 Å². The number of carboxylic acids is 1. The van der Waals surface area contributed by atoms with Crippen LogP contribution in [0.1, 0.15) is 179 Å². The highest BCUT2D eigenvalue weighted by molar-refractivity contribution is 6.77. The maximum atomic E-state index is 10.8. The molecule has 0 aromatic rings. The fourth-order valence-corrected chi connectivity index (χ4v) is 15.5. The summed E-state index contributed by atoms with van der Waals surface area (Å²) in [6.45, 7) is 26.2. The lowest BCUT2D eigenvalue weighted by molar-refractivity contribution is -0.849. The first-order valence-electron chi connectivity index (χ1n) is 20.0. The van der Waals surface area contributed by atoms with Gasteiger partial charge < -0.3 is 23.2 Å². The van der Waals surface area contributed by atoms with Crippen LogP contribution in [0.3, 0.4) is 0 Å². The van der Waals surface area contributed by atoms with Gasteiger partial charge in [0.1, 0.15) is 0 Å². The fraction of sp³-hybridized carbons (Fsp3) is 0.975. The molecule has 0 aliphatic rings. The van der Waals surface area contributed by atoms with Crippen LogP contribution in [0.5, 0.6) is 0 Å². The van der Waals surface area contributed by atoms with Gasteiger partial charge in [-0.25, -0.2) is 0 Å². The molecule has 0 fully saturated rings. The molecule has 0 bridgehead atoms. The van der Waals surface area contributed by atoms with Crippen LogP contribution < -0.4 is 5.11 Å². The molecule has 0 radical (unpaired) electrons. The summed E-state index contributed by atoms with van der Waals surface area (Å²) >= 11 is 0. The van der Waals surface area contributed by atoms with E-state index in [0.29, 0.717) is 0 Å². The minimum atomic E-state index is -2.02. The monoisotopic (exact) mass is 702 g/mol. The fourth-order valence-electron chi connectivity index (χ4n) is 7.15. The highest BCUT2D eigenvalue weighted by Gasteiger charge is 2.49. The summed E-state index contributed by atoms with van der Waals surface area (Å²) in [5.41, 5.74) is 0. The standard InChI is InChI=1S/C36H76O4Si2.C4H12N/c1-12-17-18-19-20-21-23-26-29-32(39-41(13-2,14-3)35(6,7)8)33(30-27-24-22-25-28-31-34(37)38)40-42(15-4,16-5)36(9,10)11;1-5(2,3)4/h32-33H,12-31H2,1-11H3,(H,37,38);1-4H3/q;+1/p-1. The van der Waals surface area contributed by atoms with Crippen molar-refractivity contribution in [3.63, 3.8) is 0 Å². The van der Waals surface area contributed by atoms with Gasteiger partial charge in [0.25, 0.3) is 0 Å². The molecule has 0 spiro atoms. The molecule has 0 aromatic heterocycles. The molecule has 0 saturated heterocycles. The average Bonchev–Trinajstić information content (AvgIpc) is 2.95. The van der Waals surface area contributed by atoms with Crippen LogP contribution in [0, 0.1) is 0 Å². The number of unbranched alkanes of at least 4 members (excludes halogenated alkanes) is 11. The second-order valence-corrected chi connectivity index (χ2v) is 28.1. The van der Waals surface area contributed by atoms with E-state index in [1.54, 1.807) is 0 Å². The van der Waals surface area contributed by atoms with E-state index in [1.165, 1.54) is 51.4 Å². The number of rotatable bonds is 26. The second-order valence-electron chi connectivity index (χ2n) is 17.8. The molecule has 0 saturated carbocycles. The lowest BCUT2D eigenvalue weighted by atomic mass is 9.99. The third-order valence-corrected chi connectivity index (χ3v) is 21.9. The Kier molecular flexibility index (Phi) is 25.9. The van der Waals surface area contributed by atoms with Gasteiger partial charge >= 0.3 is 0 Å². The maximum Gasteiger partial charge on any atom is 0.198 e. The topological polar surface area (TPSA) is 58.6 Å². The van der Waals surface area contributed by atoms with Gasteiger partial charge in [0.2, 0.25) is 0 Å². The van der Waals surface area contributed by atoms with Crippen LogP contribution in [0.4, 0.5) is 0 Å². The molecule has 0 aliphatic heterocycles. The van der Waals surface area contributed by atoms with Crippen molar-refractivity contribution < 1.29 is 23.2 Å². The lowest BCUT2D eigenvalue weighted by Crippen LogP contribution is -2.55. The summed E-state index contributed by atoms with van der Waals surface area (Å²) in [5, 5.41) is 11.2. The molecule has 0 aromatic carbocycles. The van der Waals surface area contributed by atoms with Crippen molar-refractivity contribution in [1.29, 1.82) is 0 Å². The lowest BCUT2D eigenvalue weighted by Gasteiger charge is -2.49.